The third-order valence-electron chi connectivity index (χ3n) is 4.19. The molecule has 0 spiro atoms. The highest BCUT2D eigenvalue weighted by molar-refractivity contribution is 8.00. The second-order valence-corrected chi connectivity index (χ2v) is 9.53. The van der Waals surface area contributed by atoms with Crippen LogP contribution < -0.4 is 10.9 Å². The number of nitrogens with two attached hydrogens (primary N) is 2. The molecule has 0 bridgehead atoms. The second kappa shape index (κ2) is 9.99. The second-order valence-electron chi connectivity index (χ2n) is 6.57. The fourth-order valence-corrected chi connectivity index (χ4v) is 4.31. The number of nitrogens with zero attached hydrogens (tertiary/aromatic N) is 3. The molecule has 0 radical (unpaired) electrons. The lowest BCUT2D eigenvalue weighted by Crippen LogP contribution is -2.32. The van der Waals surface area contributed by atoms with E-state index in [9.17, 15) is 26.4 Å². The molecule has 1 aromatic heterocycles. The molecule has 0 atom stereocenters. The van der Waals surface area contributed by atoms with Crippen molar-refractivity contribution in [1.29, 1.82) is 0 Å². The number of hydrogen-bond donors (Lipinski definition) is 2. The minimum absolute atomic E-state index is 0.00631. The molecule has 0 saturated heterocycles. The smallest absolute Gasteiger partial charge is 0.312 e. The number of nitrogen functional groups attached to an aromatic ring is 1. The molecule has 15 heteroatoms. The van der Waals surface area contributed by atoms with Crippen molar-refractivity contribution >= 4 is 45.3 Å². The predicted octanol–water partition coefficient (Wildman–Crippen LogP) is 2.69. The number of aromatic nitrogens is 2. The number of benzene rings is 2. The molecule has 0 saturated carbocycles. The minimum atomic E-state index is -4.13. The quantitative estimate of drug-likeness (QED) is 0.340. The van der Waals surface area contributed by atoms with Crippen LogP contribution in [0.5, 0.6) is 0 Å². The summed E-state index contributed by atoms with van der Waals surface area (Å²) >= 11 is 6.58. The number of amides is 1. The molecular weight excluding hydrogens is 507 g/mol. The van der Waals surface area contributed by atoms with Gasteiger partial charge < -0.3 is 15.1 Å². The number of carbonyl (C=O) groups excluding carboxylic acids is 1. The average molecular weight is 522 g/mol. The van der Waals surface area contributed by atoms with Gasteiger partial charge in [-0.05, 0) is 18.2 Å². The van der Waals surface area contributed by atoms with E-state index in [4.69, 9.17) is 26.9 Å². The maximum absolute atomic E-state index is 14.5. The molecule has 4 N–H and O–H groups in total. The van der Waals surface area contributed by atoms with Gasteiger partial charge in [0, 0.05) is 23.1 Å². The van der Waals surface area contributed by atoms with Gasteiger partial charge in [-0.1, -0.05) is 22.8 Å². The van der Waals surface area contributed by atoms with Crippen LogP contribution >= 0.6 is 23.4 Å². The molecule has 0 aliphatic heterocycles. The van der Waals surface area contributed by atoms with E-state index in [1.807, 2.05) is 0 Å². The molecule has 3 rings (SSSR count). The SMILES string of the molecule is Nc1nnc(CN(Cc2ccc(S(N)(=O)=O)cc2F)C(=O)CSc2cc(F)cc(F)c2Cl)o1. The number of sulfonamides is 1. The summed E-state index contributed by atoms with van der Waals surface area (Å²) < 4.78 is 69.5. The molecule has 1 heterocycles. The first kappa shape index (κ1) is 24.8. The van der Waals surface area contributed by atoms with E-state index in [-0.39, 0.29) is 46.2 Å². The van der Waals surface area contributed by atoms with Gasteiger partial charge in [0.15, 0.2) is 0 Å². The fourth-order valence-electron chi connectivity index (χ4n) is 2.63. The van der Waals surface area contributed by atoms with Gasteiger partial charge in [-0.25, -0.2) is 26.7 Å². The summed E-state index contributed by atoms with van der Waals surface area (Å²) in [6, 6.07) is 4.29. The Kier molecular flexibility index (Phi) is 7.51. The Morgan fingerprint density at radius 1 is 1.12 bits per heavy atom. The van der Waals surface area contributed by atoms with E-state index in [0.717, 1.165) is 40.9 Å². The van der Waals surface area contributed by atoms with Gasteiger partial charge in [-0.15, -0.1) is 16.9 Å². The van der Waals surface area contributed by atoms with Gasteiger partial charge in [0.25, 0.3) is 0 Å². The van der Waals surface area contributed by atoms with Gasteiger partial charge in [0.05, 0.1) is 22.2 Å². The Morgan fingerprint density at radius 3 is 2.45 bits per heavy atom. The van der Waals surface area contributed by atoms with E-state index >= 15 is 0 Å². The first-order valence-electron chi connectivity index (χ1n) is 8.88. The molecule has 2 aromatic carbocycles. The van der Waals surface area contributed by atoms with Crippen molar-refractivity contribution < 1.29 is 30.8 Å². The van der Waals surface area contributed by atoms with Crippen LogP contribution in [-0.4, -0.2) is 35.2 Å². The van der Waals surface area contributed by atoms with Crippen molar-refractivity contribution in [3.8, 4) is 0 Å². The monoisotopic (exact) mass is 521 g/mol. The number of anilines is 1. The third-order valence-corrected chi connectivity index (χ3v) is 6.62. The van der Waals surface area contributed by atoms with Crippen molar-refractivity contribution in [1.82, 2.24) is 15.1 Å². The zero-order valence-corrected chi connectivity index (χ0v) is 18.9. The first-order valence-corrected chi connectivity index (χ1v) is 11.8. The van der Waals surface area contributed by atoms with Crippen molar-refractivity contribution in [2.45, 2.75) is 22.9 Å². The Balaban J connectivity index is 1.83. The predicted molar refractivity (Wildman–Crippen MR) is 113 cm³/mol. The lowest BCUT2D eigenvalue weighted by atomic mass is 10.2. The zero-order valence-electron chi connectivity index (χ0n) is 16.5. The molecule has 176 valence electrons. The summed E-state index contributed by atoms with van der Waals surface area (Å²) in [5, 5.41) is 11.8. The lowest BCUT2D eigenvalue weighted by Gasteiger charge is -2.21. The summed E-state index contributed by atoms with van der Waals surface area (Å²) in [4.78, 5) is 13.5. The Hall–Kier alpha value is -2.81. The highest BCUT2D eigenvalue weighted by atomic mass is 35.5. The number of rotatable bonds is 8. The maximum Gasteiger partial charge on any atom is 0.312 e. The summed E-state index contributed by atoms with van der Waals surface area (Å²) in [6.45, 7) is -0.602. The van der Waals surface area contributed by atoms with Gasteiger partial charge in [0.2, 0.25) is 21.8 Å². The number of primary sulfonamides is 1. The van der Waals surface area contributed by atoms with Gasteiger partial charge in [0.1, 0.15) is 17.5 Å². The molecule has 33 heavy (non-hydrogen) atoms. The summed E-state index contributed by atoms with van der Waals surface area (Å²) in [5.74, 6) is -3.77. The average Bonchev–Trinajstić information content (AvgIpc) is 3.14. The molecule has 3 aromatic rings. The van der Waals surface area contributed by atoms with Gasteiger partial charge >= 0.3 is 6.01 Å². The highest BCUT2D eigenvalue weighted by Crippen LogP contribution is 2.31. The molecular formula is C18H15ClF3N5O4S2. The number of thioether (sulfide) groups is 1. The Morgan fingerprint density at radius 2 is 1.85 bits per heavy atom. The number of halogens is 4. The van der Waals surface area contributed by atoms with Crippen LogP contribution in [-0.2, 0) is 27.9 Å². The largest absolute Gasteiger partial charge is 0.406 e. The Bertz CT molecular complexity index is 1310. The van der Waals surface area contributed by atoms with Gasteiger partial charge in [-0.3, -0.25) is 4.79 Å². The van der Waals surface area contributed by atoms with E-state index < -0.39 is 38.3 Å². The molecule has 0 fully saturated rings. The van der Waals surface area contributed by atoms with Crippen molar-refractivity contribution in [2.75, 3.05) is 11.5 Å². The van der Waals surface area contributed by atoms with E-state index in [1.54, 1.807) is 0 Å². The standard InChI is InChI=1S/C18H15ClF3N5O4S2/c19-17-13(22)3-10(20)4-14(17)32-8-16(28)27(7-15-25-26-18(23)31-15)6-9-1-2-11(5-12(9)21)33(24,29)30/h1-5H,6-8H2,(H2,23,26)(H2,24,29,30). The Labute approximate surface area is 194 Å². The fraction of sp³-hybridized carbons (Fsp3) is 0.167. The molecule has 1 amide bonds. The van der Waals surface area contributed by atoms with E-state index in [0.29, 0.717) is 6.07 Å². The van der Waals surface area contributed by atoms with Gasteiger partial charge in [-0.2, -0.15) is 0 Å². The van der Waals surface area contributed by atoms with Crippen LogP contribution in [0.1, 0.15) is 11.5 Å². The zero-order chi connectivity index (χ0) is 24.3. The van der Waals surface area contributed by atoms with Crippen molar-refractivity contribution in [2.24, 2.45) is 5.14 Å². The van der Waals surface area contributed by atoms with Crippen LogP contribution in [0.3, 0.4) is 0 Å². The van der Waals surface area contributed by atoms with Crippen molar-refractivity contribution in [3.05, 3.63) is 64.3 Å². The number of hydrogen-bond acceptors (Lipinski definition) is 8. The molecule has 0 aliphatic carbocycles. The summed E-state index contributed by atoms with van der Waals surface area (Å²) in [6.07, 6.45) is 0. The molecule has 0 aliphatic rings. The molecule has 9 nitrogen and oxygen atoms in total. The van der Waals surface area contributed by atoms with Crippen molar-refractivity contribution in [3.63, 3.8) is 0 Å². The first-order chi connectivity index (χ1) is 15.4. The topological polar surface area (TPSA) is 145 Å². The highest BCUT2D eigenvalue weighted by Gasteiger charge is 2.21. The normalized spacial score (nSPS) is 11.5. The van der Waals surface area contributed by atoms with Crippen LogP contribution in [0, 0.1) is 17.5 Å². The van der Waals surface area contributed by atoms with Crippen LogP contribution in [0.25, 0.3) is 0 Å². The van der Waals surface area contributed by atoms with Crippen LogP contribution in [0.2, 0.25) is 5.02 Å². The molecule has 0 unspecified atom stereocenters. The summed E-state index contributed by atoms with van der Waals surface area (Å²) in [5.41, 5.74) is 5.34. The van der Waals surface area contributed by atoms with E-state index in [2.05, 4.69) is 10.2 Å². The van der Waals surface area contributed by atoms with Crippen LogP contribution in [0.15, 0.2) is 44.5 Å². The third kappa shape index (κ3) is 6.37. The number of carbonyl (C=O) groups is 1. The summed E-state index contributed by atoms with van der Waals surface area (Å²) in [7, 11) is -4.13. The lowest BCUT2D eigenvalue weighted by molar-refractivity contribution is -0.129. The van der Waals surface area contributed by atoms with Crippen LogP contribution in [0.4, 0.5) is 19.2 Å². The minimum Gasteiger partial charge on any atom is -0.406 e. The maximum atomic E-state index is 14.5. The van der Waals surface area contributed by atoms with E-state index in [1.165, 1.54) is 0 Å².